The first-order valence-electron chi connectivity index (χ1n) is 8.61. The minimum Gasteiger partial charge on any atom is -0.493 e. The van der Waals surface area contributed by atoms with Crippen LogP contribution in [0.15, 0.2) is 36.4 Å². The number of nitrogens with zero attached hydrogens (tertiary/aromatic N) is 1. The van der Waals surface area contributed by atoms with Crippen molar-refractivity contribution in [2.45, 2.75) is 19.5 Å². The molecule has 1 N–H and O–H groups in total. The maximum absolute atomic E-state index is 13.0. The zero-order valence-corrected chi connectivity index (χ0v) is 15.5. The molecule has 0 radical (unpaired) electrons. The Labute approximate surface area is 153 Å². The number of nitrogens with one attached hydrogen (secondary N) is 1. The lowest BCUT2D eigenvalue weighted by molar-refractivity contribution is 0.0682. The average Bonchev–Trinajstić information content (AvgIpc) is 2.68. The average molecular weight is 356 g/mol. The van der Waals surface area contributed by atoms with Crippen LogP contribution >= 0.6 is 0 Å². The van der Waals surface area contributed by atoms with Crippen LogP contribution in [-0.2, 0) is 0 Å². The van der Waals surface area contributed by atoms with Gasteiger partial charge in [0.05, 0.1) is 26.9 Å². The third-order valence-corrected chi connectivity index (χ3v) is 4.49. The molecule has 0 aliphatic carbocycles. The summed E-state index contributed by atoms with van der Waals surface area (Å²) in [5.41, 5.74) is 2.38. The van der Waals surface area contributed by atoms with Gasteiger partial charge in [-0.3, -0.25) is 4.79 Å². The summed E-state index contributed by atoms with van der Waals surface area (Å²) in [5.74, 6) is 1.67. The second kappa shape index (κ2) is 7.56. The van der Waals surface area contributed by atoms with Gasteiger partial charge in [-0.05, 0) is 30.7 Å². The lowest BCUT2D eigenvalue weighted by atomic mass is 10.0. The van der Waals surface area contributed by atoms with Crippen LogP contribution < -0.4 is 19.5 Å². The molecule has 26 heavy (non-hydrogen) atoms. The number of hydrogen-bond donors (Lipinski definition) is 1. The van der Waals surface area contributed by atoms with Crippen molar-refractivity contribution in [3.05, 3.63) is 47.5 Å². The molecule has 1 aliphatic heterocycles. The number of amides is 1. The minimum absolute atomic E-state index is 0.0138. The van der Waals surface area contributed by atoms with Crippen molar-refractivity contribution < 1.29 is 19.0 Å². The number of rotatable bonds is 6. The molecule has 0 fully saturated rings. The number of anilines is 1. The lowest BCUT2D eigenvalue weighted by Crippen LogP contribution is -2.43. The van der Waals surface area contributed by atoms with Crippen LogP contribution in [0.5, 0.6) is 17.2 Å². The van der Waals surface area contributed by atoms with Crippen LogP contribution in [0.3, 0.4) is 0 Å². The molecule has 6 heteroatoms. The summed E-state index contributed by atoms with van der Waals surface area (Å²) in [6.07, 6.45) is 0.544. The molecule has 1 amide bonds. The van der Waals surface area contributed by atoms with Crippen molar-refractivity contribution in [1.82, 2.24) is 4.90 Å². The van der Waals surface area contributed by atoms with Crippen LogP contribution in [0.4, 0.5) is 5.69 Å². The van der Waals surface area contributed by atoms with E-state index in [2.05, 4.69) is 12.2 Å². The van der Waals surface area contributed by atoms with E-state index in [0.717, 1.165) is 17.7 Å². The first-order chi connectivity index (χ1) is 12.6. The third kappa shape index (κ3) is 3.03. The molecule has 6 nitrogen and oxygen atoms in total. The Kier molecular flexibility index (Phi) is 5.21. The summed E-state index contributed by atoms with van der Waals surface area (Å²) in [6.45, 7) is 2.70. The fraction of sp³-hybridized carbons (Fsp3) is 0.350. The van der Waals surface area contributed by atoms with E-state index in [4.69, 9.17) is 14.2 Å². The number of ether oxygens (including phenoxy) is 3. The van der Waals surface area contributed by atoms with Gasteiger partial charge >= 0.3 is 0 Å². The van der Waals surface area contributed by atoms with E-state index in [1.54, 1.807) is 21.3 Å². The van der Waals surface area contributed by atoms with Crippen molar-refractivity contribution in [2.24, 2.45) is 0 Å². The zero-order chi connectivity index (χ0) is 18.7. The highest BCUT2D eigenvalue weighted by Gasteiger charge is 2.33. The molecular weight excluding hydrogens is 332 g/mol. The van der Waals surface area contributed by atoms with Gasteiger partial charge in [0, 0.05) is 17.8 Å². The minimum atomic E-state index is -0.314. The SMILES string of the molecule is CCCN1C(=O)c2ccccc2N[C@@H]1c1cc(OC)c(OC)c(OC)c1. The molecule has 1 atom stereocenters. The van der Waals surface area contributed by atoms with Gasteiger partial charge in [0.2, 0.25) is 5.75 Å². The standard InChI is InChI=1S/C20H24N2O4/c1-5-10-22-19(21-15-9-7-6-8-14(15)20(22)23)13-11-16(24-2)18(26-4)17(12-13)25-3/h6-9,11-12,19,21H,5,10H2,1-4H3/t19-/m0/s1. The van der Waals surface area contributed by atoms with Gasteiger partial charge in [-0.2, -0.15) is 0 Å². The largest absolute Gasteiger partial charge is 0.493 e. The van der Waals surface area contributed by atoms with Gasteiger partial charge in [-0.15, -0.1) is 0 Å². The molecule has 3 rings (SSSR count). The molecular formula is C20H24N2O4. The van der Waals surface area contributed by atoms with E-state index in [0.29, 0.717) is 29.4 Å². The summed E-state index contributed by atoms with van der Waals surface area (Å²) in [7, 11) is 4.74. The second-order valence-corrected chi connectivity index (χ2v) is 6.05. The molecule has 1 aliphatic rings. The highest BCUT2D eigenvalue weighted by molar-refractivity contribution is 6.01. The summed E-state index contributed by atoms with van der Waals surface area (Å²) in [4.78, 5) is 14.9. The Morgan fingerprint density at radius 1 is 1.04 bits per heavy atom. The van der Waals surface area contributed by atoms with Gasteiger partial charge in [0.15, 0.2) is 11.5 Å². The van der Waals surface area contributed by atoms with Crippen LogP contribution in [0.25, 0.3) is 0 Å². The van der Waals surface area contributed by atoms with E-state index in [9.17, 15) is 4.79 Å². The summed E-state index contributed by atoms with van der Waals surface area (Å²) in [6, 6.07) is 11.3. The van der Waals surface area contributed by atoms with E-state index in [1.165, 1.54) is 0 Å². The first-order valence-corrected chi connectivity index (χ1v) is 8.61. The molecule has 0 bridgehead atoms. The number of fused-ring (bicyclic) bond motifs is 1. The molecule has 2 aromatic rings. The van der Waals surface area contributed by atoms with E-state index >= 15 is 0 Å². The van der Waals surface area contributed by atoms with Crippen molar-refractivity contribution in [3.8, 4) is 17.2 Å². The summed E-state index contributed by atoms with van der Waals surface area (Å²) < 4.78 is 16.3. The van der Waals surface area contributed by atoms with Gasteiger partial charge in [0.1, 0.15) is 6.17 Å². The van der Waals surface area contributed by atoms with Crippen molar-refractivity contribution in [1.29, 1.82) is 0 Å². The molecule has 0 saturated heterocycles. The van der Waals surface area contributed by atoms with Gasteiger partial charge < -0.3 is 24.4 Å². The Balaban J connectivity index is 2.10. The summed E-state index contributed by atoms with van der Waals surface area (Å²) in [5, 5.41) is 3.47. The molecule has 0 unspecified atom stereocenters. The topological polar surface area (TPSA) is 60.0 Å². The van der Waals surface area contributed by atoms with Crippen LogP contribution in [0, 0.1) is 0 Å². The normalized spacial score (nSPS) is 15.9. The molecule has 0 aromatic heterocycles. The fourth-order valence-electron chi connectivity index (χ4n) is 3.29. The van der Waals surface area contributed by atoms with Gasteiger partial charge in [0.25, 0.3) is 5.91 Å². The number of benzene rings is 2. The monoisotopic (exact) mass is 356 g/mol. The maximum Gasteiger partial charge on any atom is 0.257 e. The van der Waals surface area contributed by atoms with Crippen molar-refractivity contribution in [2.75, 3.05) is 33.2 Å². The van der Waals surface area contributed by atoms with Crippen LogP contribution in [-0.4, -0.2) is 38.7 Å². The Morgan fingerprint density at radius 2 is 1.69 bits per heavy atom. The summed E-state index contributed by atoms with van der Waals surface area (Å²) >= 11 is 0. The number of carbonyl (C=O) groups is 1. The number of carbonyl (C=O) groups excluding carboxylic acids is 1. The lowest BCUT2D eigenvalue weighted by Gasteiger charge is -2.38. The molecule has 0 spiro atoms. The number of methoxy groups -OCH3 is 3. The van der Waals surface area contributed by atoms with Gasteiger partial charge in [-0.25, -0.2) is 0 Å². The predicted molar refractivity (Wildman–Crippen MR) is 100 cm³/mol. The maximum atomic E-state index is 13.0. The van der Waals surface area contributed by atoms with Gasteiger partial charge in [-0.1, -0.05) is 19.1 Å². The van der Waals surface area contributed by atoms with E-state index in [1.807, 2.05) is 41.3 Å². The Morgan fingerprint density at radius 3 is 2.27 bits per heavy atom. The second-order valence-electron chi connectivity index (χ2n) is 6.05. The Hall–Kier alpha value is -2.89. The highest BCUT2D eigenvalue weighted by atomic mass is 16.5. The zero-order valence-electron chi connectivity index (χ0n) is 15.5. The van der Waals surface area contributed by atoms with Crippen LogP contribution in [0.1, 0.15) is 35.4 Å². The van der Waals surface area contributed by atoms with Crippen molar-refractivity contribution >= 4 is 11.6 Å². The highest BCUT2D eigenvalue weighted by Crippen LogP contribution is 2.42. The smallest absolute Gasteiger partial charge is 0.257 e. The van der Waals surface area contributed by atoms with E-state index < -0.39 is 0 Å². The quantitative estimate of drug-likeness (QED) is 0.855. The molecule has 2 aromatic carbocycles. The third-order valence-electron chi connectivity index (χ3n) is 4.49. The van der Waals surface area contributed by atoms with Crippen molar-refractivity contribution in [3.63, 3.8) is 0 Å². The molecule has 138 valence electrons. The number of para-hydroxylation sites is 1. The Bertz CT molecular complexity index is 781. The first kappa shape index (κ1) is 17.9. The predicted octanol–water partition coefficient (Wildman–Crippen LogP) is 3.69. The van der Waals surface area contributed by atoms with Crippen LogP contribution in [0.2, 0.25) is 0 Å². The fourth-order valence-corrected chi connectivity index (χ4v) is 3.29. The molecule has 0 saturated carbocycles. The number of hydrogen-bond acceptors (Lipinski definition) is 5. The molecule has 1 heterocycles. The van der Waals surface area contributed by atoms with E-state index in [-0.39, 0.29) is 12.1 Å².